The first-order chi connectivity index (χ1) is 22.3. The molecule has 8 nitrogen and oxygen atoms in total. The van der Waals surface area contributed by atoms with Crippen LogP contribution in [0.15, 0.2) is 108 Å². The zero-order valence-corrected chi connectivity index (χ0v) is 29.0. The molecule has 0 heterocycles. The Balaban J connectivity index is 1.85. The summed E-state index contributed by atoms with van der Waals surface area (Å²) >= 11 is 6.33. The highest BCUT2D eigenvalue weighted by Gasteiger charge is 2.36. The summed E-state index contributed by atoms with van der Waals surface area (Å²) in [5.74, 6) is -0.623. The molecule has 0 radical (unpaired) electrons. The predicted molar refractivity (Wildman–Crippen MR) is 187 cm³/mol. The van der Waals surface area contributed by atoms with Crippen molar-refractivity contribution in [3.63, 3.8) is 0 Å². The molecule has 10 heteroatoms. The largest absolute Gasteiger partial charge is 0.492 e. The molecule has 0 saturated carbocycles. The van der Waals surface area contributed by atoms with Crippen molar-refractivity contribution in [2.75, 3.05) is 17.5 Å². The Bertz CT molecular complexity index is 1770. The number of anilines is 1. The quantitative estimate of drug-likeness (QED) is 0.168. The fourth-order valence-electron chi connectivity index (χ4n) is 5.13. The molecule has 4 rings (SSSR count). The van der Waals surface area contributed by atoms with E-state index < -0.39 is 34.1 Å². The second-order valence-corrected chi connectivity index (χ2v) is 14.6. The summed E-state index contributed by atoms with van der Waals surface area (Å²) in [5, 5.41) is 3.51. The van der Waals surface area contributed by atoms with E-state index >= 15 is 0 Å². The average Bonchev–Trinajstić information content (AvgIpc) is 3.02. The number of ether oxygens (including phenoxy) is 1. The summed E-state index contributed by atoms with van der Waals surface area (Å²) in [7, 11) is -4.27. The molecule has 4 aromatic rings. The standard InChI is InChI=1S/C37H42ClN3O5S/c1-6-46-34-18-11-10-17-32(34)41(47(44,45)31-21-19-27(2)20-22-31)26-35(42)40(25-29-15-12-16-30(38)23-29)33(36(43)39-37(3,4)5)24-28-13-8-7-9-14-28/h7-23,33H,6,24-26H2,1-5H3,(H,39,43). The van der Waals surface area contributed by atoms with E-state index in [1.165, 1.54) is 17.0 Å². The molecular weight excluding hydrogens is 634 g/mol. The summed E-state index contributed by atoms with van der Waals surface area (Å²) in [6.45, 7) is 8.99. The first-order valence-electron chi connectivity index (χ1n) is 15.5. The molecular formula is C37H42ClN3O5S. The van der Waals surface area contributed by atoms with E-state index in [1.54, 1.807) is 61.5 Å². The van der Waals surface area contributed by atoms with Crippen LogP contribution in [0.1, 0.15) is 44.4 Å². The molecule has 2 amide bonds. The van der Waals surface area contributed by atoms with E-state index in [1.807, 2.05) is 64.1 Å². The number of carbonyl (C=O) groups is 2. The molecule has 248 valence electrons. The molecule has 0 saturated heterocycles. The van der Waals surface area contributed by atoms with Crippen LogP contribution in [-0.4, -0.2) is 49.9 Å². The Kier molecular flexibility index (Phi) is 11.7. The van der Waals surface area contributed by atoms with Crippen molar-refractivity contribution in [2.24, 2.45) is 0 Å². The molecule has 1 atom stereocenters. The van der Waals surface area contributed by atoms with Crippen LogP contribution in [0.3, 0.4) is 0 Å². The molecule has 0 aliphatic heterocycles. The zero-order valence-electron chi connectivity index (χ0n) is 27.4. The number of benzene rings is 4. The molecule has 47 heavy (non-hydrogen) atoms. The molecule has 0 aliphatic carbocycles. The number of para-hydroxylation sites is 2. The third-order valence-electron chi connectivity index (χ3n) is 7.33. The lowest BCUT2D eigenvalue weighted by Gasteiger charge is -2.35. The van der Waals surface area contributed by atoms with Crippen LogP contribution in [0.4, 0.5) is 5.69 Å². The van der Waals surface area contributed by atoms with Gasteiger partial charge in [0.15, 0.2) is 0 Å². The van der Waals surface area contributed by atoms with Gasteiger partial charge in [-0.15, -0.1) is 0 Å². The maximum atomic E-state index is 14.7. The third kappa shape index (κ3) is 9.59. The number of aryl methyl sites for hydroxylation is 1. The number of sulfonamides is 1. The normalized spacial score (nSPS) is 12.2. The van der Waals surface area contributed by atoms with Gasteiger partial charge >= 0.3 is 0 Å². The van der Waals surface area contributed by atoms with Crippen LogP contribution in [0.2, 0.25) is 5.02 Å². The molecule has 1 unspecified atom stereocenters. The summed E-state index contributed by atoms with van der Waals surface area (Å²) in [4.78, 5) is 30.2. The minimum Gasteiger partial charge on any atom is -0.492 e. The number of carbonyl (C=O) groups excluding carboxylic acids is 2. The topological polar surface area (TPSA) is 96.0 Å². The van der Waals surface area contributed by atoms with Crippen molar-refractivity contribution in [2.45, 2.75) is 64.1 Å². The second-order valence-electron chi connectivity index (χ2n) is 12.3. The molecule has 0 aromatic heterocycles. The lowest BCUT2D eigenvalue weighted by molar-refractivity contribution is -0.140. The van der Waals surface area contributed by atoms with Gasteiger partial charge in [0.25, 0.3) is 10.0 Å². The summed E-state index contributed by atoms with van der Waals surface area (Å²) in [5.41, 5.74) is 2.05. The highest BCUT2D eigenvalue weighted by Crippen LogP contribution is 2.33. The third-order valence-corrected chi connectivity index (χ3v) is 9.34. The van der Waals surface area contributed by atoms with Gasteiger partial charge in [0.2, 0.25) is 11.8 Å². The van der Waals surface area contributed by atoms with Gasteiger partial charge in [-0.3, -0.25) is 13.9 Å². The van der Waals surface area contributed by atoms with Gasteiger partial charge in [0, 0.05) is 23.5 Å². The number of hydrogen-bond acceptors (Lipinski definition) is 5. The second kappa shape index (κ2) is 15.5. The monoisotopic (exact) mass is 675 g/mol. The Labute approximate surface area is 283 Å². The first-order valence-corrected chi connectivity index (χ1v) is 17.3. The lowest BCUT2D eigenvalue weighted by Crippen LogP contribution is -2.56. The molecule has 0 fully saturated rings. The molecule has 4 aromatic carbocycles. The lowest BCUT2D eigenvalue weighted by atomic mass is 10.0. The molecule has 1 N–H and O–H groups in total. The van der Waals surface area contributed by atoms with Crippen molar-refractivity contribution in [3.05, 3.63) is 125 Å². The maximum absolute atomic E-state index is 14.7. The summed E-state index contributed by atoms with van der Waals surface area (Å²) < 4.78 is 35.6. The summed E-state index contributed by atoms with van der Waals surface area (Å²) in [6, 6.07) is 28.6. The maximum Gasteiger partial charge on any atom is 0.264 e. The van der Waals surface area contributed by atoms with Crippen molar-refractivity contribution in [1.29, 1.82) is 0 Å². The van der Waals surface area contributed by atoms with Gasteiger partial charge in [-0.2, -0.15) is 0 Å². The van der Waals surface area contributed by atoms with Gasteiger partial charge in [0.05, 0.1) is 17.2 Å². The van der Waals surface area contributed by atoms with E-state index in [0.29, 0.717) is 16.3 Å². The van der Waals surface area contributed by atoms with E-state index in [2.05, 4.69) is 5.32 Å². The number of rotatable bonds is 13. The van der Waals surface area contributed by atoms with Crippen LogP contribution >= 0.6 is 11.6 Å². The van der Waals surface area contributed by atoms with E-state index in [-0.39, 0.29) is 36.1 Å². The highest BCUT2D eigenvalue weighted by atomic mass is 35.5. The Hall–Kier alpha value is -4.34. The number of halogens is 1. The fourth-order valence-corrected chi connectivity index (χ4v) is 6.77. The van der Waals surface area contributed by atoms with Gasteiger partial charge < -0.3 is 15.0 Å². The van der Waals surface area contributed by atoms with E-state index in [4.69, 9.17) is 16.3 Å². The summed E-state index contributed by atoms with van der Waals surface area (Å²) in [6.07, 6.45) is 0.204. The van der Waals surface area contributed by atoms with Crippen molar-refractivity contribution in [1.82, 2.24) is 10.2 Å². The first kappa shape index (κ1) is 35.5. The van der Waals surface area contributed by atoms with Gasteiger partial charge in [-0.1, -0.05) is 83.9 Å². The van der Waals surface area contributed by atoms with Crippen LogP contribution in [0.25, 0.3) is 0 Å². The Morgan fingerprint density at radius 1 is 0.872 bits per heavy atom. The molecule has 0 aliphatic rings. The van der Waals surface area contributed by atoms with Gasteiger partial charge in [-0.05, 0) is 82.1 Å². The average molecular weight is 676 g/mol. The zero-order chi connectivity index (χ0) is 34.2. The van der Waals surface area contributed by atoms with Crippen molar-refractivity contribution in [3.8, 4) is 5.75 Å². The predicted octanol–water partition coefficient (Wildman–Crippen LogP) is 6.80. The number of hydrogen-bond donors (Lipinski definition) is 1. The van der Waals surface area contributed by atoms with E-state index in [0.717, 1.165) is 15.4 Å². The molecule has 0 spiro atoms. The smallest absolute Gasteiger partial charge is 0.264 e. The number of nitrogens with zero attached hydrogens (tertiary/aromatic N) is 2. The van der Waals surface area contributed by atoms with Crippen LogP contribution < -0.4 is 14.4 Å². The van der Waals surface area contributed by atoms with Crippen molar-refractivity contribution >= 4 is 39.1 Å². The van der Waals surface area contributed by atoms with E-state index in [9.17, 15) is 18.0 Å². The Morgan fingerprint density at radius 3 is 2.15 bits per heavy atom. The number of amides is 2. The Morgan fingerprint density at radius 2 is 1.51 bits per heavy atom. The van der Waals surface area contributed by atoms with Crippen molar-refractivity contribution < 1.29 is 22.7 Å². The van der Waals surface area contributed by atoms with Gasteiger partial charge in [0.1, 0.15) is 18.3 Å². The van der Waals surface area contributed by atoms with Crippen LogP contribution in [0, 0.1) is 6.92 Å². The van der Waals surface area contributed by atoms with Gasteiger partial charge in [-0.25, -0.2) is 8.42 Å². The number of nitrogens with one attached hydrogen (secondary N) is 1. The fraction of sp³-hybridized carbons (Fsp3) is 0.297. The highest BCUT2D eigenvalue weighted by molar-refractivity contribution is 7.92. The van der Waals surface area contributed by atoms with Crippen LogP contribution in [0.5, 0.6) is 5.75 Å². The minimum atomic E-state index is -4.27. The van der Waals surface area contributed by atoms with Crippen LogP contribution in [-0.2, 0) is 32.6 Å². The molecule has 0 bridgehead atoms. The minimum absolute atomic E-state index is 0.0139. The SMILES string of the molecule is CCOc1ccccc1N(CC(=O)N(Cc1cccc(Cl)c1)C(Cc1ccccc1)C(=O)NC(C)(C)C)S(=O)(=O)c1ccc(C)cc1.